The van der Waals surface area contributed by atoms with Crippen molar-refractivity contribution in [2.75, 3.05) is 47.4 Å². The van der Waals surface area contributed by atoms with Crippen LogP contribution in [-0.2, 0) is 19.6 Å². The molecule has 0 bridgehead atoms. The zero-order valence-electron chi connectivity index (χ0n) is 25.4. The lowest BCUT2D eigenvalue weighted by atomic mass is 9.77. The molecule has 2 unspecified atom stereocenters. The van der Waals surface area contributed by atoms with Crippen molar-refractivity contribution in [3.05, 3.63) is 45.1 Å². The van der Waals surface area contributed by atoms with E-state index in [2.05, 4.69) is 41.8 Å². The molecule has 8 nitrogen and oxygen atoms in total. The van der Waals surface area contributed by atoms with Gasteiger partial charge in [-0.3, -0.25) is 4.79 Å². The van der Waals surface area contributed by atoms with Crippen LogP contribution >= 0.6 is 11.3 Å². The molecule has 1 N–H and O–H groups in total. The Labute approximate surface area is 250 Å². The number of carbonyl (C=O) groups excluding carboxylic acids is 1. The molecule has 4 rings (SSSR count). The number of hydrogen-bond donors (Lipinski definition) is 1. The summed E-state index contributed by atoms with van der Waals surface area (Å²) in [5.74, 6) is 1.68. The van der Waals surface area contributed by atoms with Gasteiger partial charge in [-0.15, -0.1) is 11.3 Å². The molecule has 2 heterocycles. The molecule has 0 radical (unpaired) electrons. The predicted octanol–water partition coefficient (Wildman–Crippen LogP) is 5.08. The maximum Gasteiger partial charge on any atom is 0.246 e. The molecule has 1 saturated heterocycles. The number of carbonyl (C=O) groups is 1. The van der Waals surface area contributed by atoms with Crippen molar-refractivity contribution in [2.24, 2.45) is 11.8 Å². The molecular formula is C31H47N3O5S2. The van der Waals surface area contributed by atoms with Crippen LogP contribution in [0.5, 0.6) is 5.75 Å². The number of rotatable bonds is 11. The van der Waals surface area contributed by atoms with E-state index in [-0.39, 0.29) is 25.2 Å². The summed E-state index contributed by atoms with van der Waals surface area (Å²) in [4.78, 5) is 16.8. The molecule has 2 aromatic rings. The summed E-state index contributed by atoms with van der Waals surface area (Å²) in [5, 5.41) is 5.22. The average molecular weight is 606 g/mol. The van der Waals surface area contributed by atoms with E-state index in [1.165, 1.54) is 9.18 Å². The van der Waals surface area contributed by atoms with E-state index in [0.29, 0.717) is 59.2 Å². The van der Waals surface area contributed by atoms with Gasteiger partial charge in [0.15, 0.2) is 0 Å². The van der Waals surface area contributed by atoms with Gasteiger partial charge in [0.2, 0.25) is 15.9 Å². The molecule has 1 aromatic heterocycles. The summed E-state index contributed by atoms with van der Waals surface area (Å²) in [6, 6.07) is 6.62. The van der Waals surface area contributed by atoms with Gasteiger partial charge in [0.1, 0.15) is 12.4 Å². The second-order valence-electron chi connectivity index (χ2n) is 11.9. The van der Waals surface area contributed by atoms with Crippen LogP contribution in [0.3, 0.4) is 0 Å². The second kappa shape index (κ2) is 14.0. The Balaban J connectivity index is 1.24. The number of methoxy groups -OCH3 is 1. The monoisotopic (exact) mass is 605 g/mol. The Kier molecular flexibility index (Phi) is 10.9. The van der Waals surface area contributed by atoms with Crippen molar-refractivity contribution in [1.82, 2.24) is 14.5 Å². The minimum Gasteiger partial charge on any atom is -0.496 e. The van der Waals surface area contributed by atoms with Crippen molar-refractivity contribution in [1.29, 1.82) is 0 Å². The van der Waals surface area contributed by atoms with E-state index in [1.807, 2.05) is 25.2 Å². The van der Waals surface area contributed by atoms with E-state index >= 15 is 0 Å². The largest absolute Gasteiger partial charge is 0.496 e. The summed E-state index contributed by atoms with van der Waals surface area (Å²) < 4.78 is 40.2. The summed E-state index contributed by atoms with van der Waals surface area (Å²) >= 11 is 1.83. The summed E-state index contributed by atoms with van der Waals surface area (Å²) in [6.07, 6.45) is 5.68. The molecule has 2 aliphatic rings. The van der Waals surface area contributed by atoms with Crippen LogP contribution in [0.2, 0.25) is 0 Å². The molecule has 1 aromatic carbocycles. The minimum absolute atomic E-state index is 0.0469. The normalized spacial score (nSPS) is 23.0. The topological polar surface area (TPSA) is 88.2 Å². The first-order valence-electron chi connectivity index (χ1n) is 14.8. The fourth-order valence-electron chi connectivity index (χ4n) is 6.60. The number of benzene rings is 1. The van der Waals surface area contributed by atoms with Crippen molar-refractivity contribution in [2.45, 2.75) is 76.3 Å². The SMILES string of the molecule is COc1cc(C)c(S(=O)(=O)N2CCCC(OCC(=O)NCC3CCC(C(c4cccs4)N(C)C)CC3)C2)c(C)c1C. The Hall–Kier alpha value is -1.98. The second-order valence-corrected chi connectivity index (χ2v) is 14.8. The number of sulfonamides is 1. The zero-order chi connectivity index (χ0) is 29.7. The van der Waals surface area contributed by atoms with Gasteiger partial charge in [-0.1, -0.05) is 6.07 Å². The molecule has 10 heteroatoms. The highest BCUT2D eigenvalue weighted by molar-refractivity contribution is 7.89. The smallest absolute Gasteiger partial charge is 0.246 e. The standard InChI is InChI=1S/C31H47N3O5S2/c1-21-17-27(38-6)22(2)23(3)31(21)41(36,37)34-15-7-9-26(19-34)39-20-29(35)32-18-24-11-13-25(14-12-24)30(33(4)5)28-10-8-16-40-28/h8,10,16-17,24-26,30H,7,9,11-15,18-20H2,1-6H3,(H,32,35). The van der Waals surface area contributed by atoms with E-state index in [1.54, 1.807) is 20.1 Å². The van der Waals surface area contributed by atoms with Gasteiger partial charge >= 0.3 is 0 Å². The van der Waals surface area contributed by atoms with Gasteiger partial charge in [-0.25, -0.2) is 8.42 Å². The Morgan fingerprint density at radius 1 is 1.15 bits per heavy atom. The van der Waals surface area contributed by atoms with Gasteiger partial charge in [0.05, 0.1) is 18.1 Å². The number of nitrogens with one attached hydrogen (secondary N) is 1. The molecule has 1 saturated carbocycles. The molecule has 2 fully saturated rings. The van der Waals surface area contributed by atoms with Gasteiger partial charge in [-0.2, -0.15) is 4.31 Å². The van der Waals surface area contributed by atoms with E-state index in [4.69, 9.17) is 9.47 Å². The highest BCUT2D eigenvalue weighted by atomic mass is 32.2. The van der Waals surface area contributed by atoms with Gasteiger partial charge < -0.3 is 19.7 Å². The lowest BCUT2D eigenvalue weighted by Gasteiger charge is -2.37. The summed E-state index contributed by atoms with van der Waals surface area (Å²) in [5.41, 5.74) is 2.21. The van der Waals surface area contributed by atoms with Gasteiger partial charge in [0.25, 0.3) is 0 Å². The van der Waals surface area contributed by atoms with E-state index in [9.17, 15) is 13.2 Å². The molecular weight excluding hydrogens is 558 g/mol. The molecule has 1 aliphatic carbocycles. The van der Waals surface area contributed by atoms with Crippen molar-refractivity contribution in [3.8, 4) is 5.75 Å². The molecule has 1 amide bonds. The average Bonchev–Trinajstić information content (AvgIpc) is 3.47. The fourth-order valence-corrected chi connectivity index (χ4v) is 9.61. The van der Waals surface area contributed by atoms with E-state index in [0.717, 1.165) is 37.7 Å². The number of nitrogens with zero attached hydrogens (tertiary/aromatic N) is 2. The third-order valence-corrected chi connectivity index (χ3v) is 12.0. The predicted molar refractivity (Wildman–Crippen MR) is 164 cm³/mol. The van der Waals surface area contributed by atoms with Gasteiger partial charge in [-0.05, 0) is 119 Å². The number of piperidine rings is 1. The molecule has 2 atom stereocenters. The molecule has 1 aliphatic heterocycles. The maximum absolute atomic E-state index is 13.7. The summed E-state index contributed by atoms with van der Waals surface area (Å²) in [7, 11) is 2.22. The minimum atomic E-state index is -3.70. The zero-order valence-corrected chi connectivity index (χ0v) is 27.1. The van der Waals surface area contributed by atoms with Gasteiger partial charge in [0, 0.05) is 30.6 Å². The third-order valence-electron chi connectivity index (χ3n) is 8.90. The van der Waals surface area contributed by atoms with E-state index < -0.39 is 10.0 Å². The van der Waals surface area contributed by atoms with Crippen LogP contribution in [-0.4, -0.2) is 77.1 Å². The molecule has 41 heavy (non-hydrogen) atoms. The van der Waals surface area contributed by atoms with Crippen LogP contribution in [0.15, 0.2) is 28.5 Å². The van der Waals surface area contributed by atoms with Crippen LogP contribution in [0.4, 0.5) is 0 Å². The first-order chi connectivity index (χ1) is 19.5. The first kappa shape index (κ1) is 31.9. The number of thiophene rings is 1. The van der Waals surface area contributed by atoms with Crippen molar-refractivity contribution in [3.63, 3.8) is 0 Å². The van der Waals surface area contributed by atoms with Crippen LogP contribution in [0.25, 0.3) is 0 Å². The van der Waals surface area contributed by atoms with Crippen molar-refractivity contribution < 1.29 is 22.7 Å². The van der Waals surface area contributed by atoms with Crippen LogP contribution < -0.4 is 10.1 Å². The highest BCUT2D eigenvalue weighted by Gasteiger charge is 2.34. The van der Waals surface area contributed by atoms with Crippen molar-refractivity contribution >= 4 is 27.3 Å². The Morgan fingerprint density at radius 2 is 1.88 bits per heavy atom. The summed E-state index contributed by atoms with van der Waals surface area (Å²) in [6.45, 7) is 6.83. The maximum atomic E-state index is 13.7. The first-order valence-corrected chi connectivity index (χ1v) is 17.1. The molecule has 0 spiro atoms. The lowest BCUT2D eigenvalue weighted by Crippen LogP contribution is -2.44. The number of aryl methyl sites for hydroxylation is 1. The Morgan fingerprint density at radius 3 is 2.51 bits per heavy atom. The lowest BCUT2D eigenvalue weighted by molar-refractivity contribution is -0.128. The third kappa shape index (κ3) is 7.51. The number of ether oxygens (including phenoxy) is 2. The fraction of sp³-hybridized carbons (Fsp3) is 0.645. The van der Waals surface area contributed by atoms with Crippen LogP contribution in [0, 0.1) is 32.6 Å². The number of amides is 1. The highest BCUT2D eigenvalue weighted by Crippen LogP contribution is 2.40. The molecule has 228 valence electrons. The number of hydrogen-bond acceptors (Lipinski definition) is 7. The van der Waals surface area contributed by atoms with Crippen LogP contribution in [0.1, 0.15) is 66.1 Å². The quantitative estimate of drug-likeness (QED) is 0.385. The Bertz CT molecular complexity index is 1270.